The number of carbonyl (C=O) groups excluding carboxylic acids is 1. The Morgan fingerprint density at radius 1 is 1.15 bits per heavy atom. The number of ether oxygens (including phenoxy) is 1. The molecule has 0 bridgehead atoms. The van der Waals surface area contributed by atoms with Crippen molar-refractivity contribution in [3.63, 3.8) is 0 Å². The molecule has 0 saturated heterocycles. The van der Waals surface area contributed by atoms with Gasteiger partial charge in [0.25, 0.3) is 5.91 Å². The number of rotatable bonds is 11. The van der Waals surface area contributed by atoms with Crippen LogP contribution in [0.3, 0.4) is 0 Å². The highest BCUT2D eigenvalue weighted by molar-refractivity contribution is 6.10. The number of hydrogen-bond donors (Lipinski definition) is 2. The van der Waals surface area contributed by atoms with Crippen LogP contribution in [0.15, 0.2) is 42.9 Å². The van der Waals surface area contributed by atoms with Crippen molar-refractivity contribution < 1.29 is 22.7 Å². The Labute approximate surface area is 269 Å². The van der Waals surface area contributed by atoms with Gasteiger partial charge >= 0.3 is 6.18 Å². The molecule has 3 aromatic heterocycles. The Hall–Kier alpha value is -4.87. The first-order valence-corrected chi connectivity index (χ1v) is 15.2. The predicted octanol–water partition coefficient (Wildman–Crippen LogP) is 5.41. The number of aryl methyl sites for hydroxylation is 2. The van der Waals surface area contributed by atoms with E-state index in [1.807, 2.05) is 33.0 Å². The monoisotopic (exact) mass is 645 g/mol. The number of halogens is 3. The summed E-state index contributed by atoms with van der Waals surface area (Å²) >= 11 is 0. The largest absolute Gasteiger partial charge is 0.416 e. The molecular weight excluding hydrogens is 611 g/mol. The van der Waals surface area contributed by atoms with Gasteiger partial charge in [-0.3, -0.25) is 14.7 Å². The van der Waals surface area contributed by atoms with Gasteiger partial charge in [-0.25, -0.2) is 4.98 Å². The third-order valence-electron chi connectivity index (χ3n) is 8.53. The van der Waals surface area contributed by atoms with E-state index in [0.717, 1.165) is 30.2 Å². The van der Waals surface area contributed by atoms with Crippen LogP contribution in [0.5, 0.6) is 0 Å². The molecule has 47 heavy (non-hydrogen) atoms. The van der Waals surface area contributed by atoms with Crippen LogP contribution in [-0.4, -0.2) is 55.9 Å². The van der Waals surface area contributed by atoms with Crippen LogP contribution in [0.2, 0.25) is 0 Å². The van der Waals surface area contributed by atoms with Crippen LogP contribution in [-0.2, 0) is 31.1 Å². The first-order valence-electron chi connectivity index (χ1n) is 15.2. The molecule has 1 aliphatic heterocycles. The fourth-order valence-corrected chi connectivity index (χ4v) is 5.91. The summed E-state index contributed by atoms with van der Waals surface area (Å²) in [5, 5.41) is 24.2. The van der Waals surface area contributed by atoms with Gasteiger partial charge in [-0.2, -0.15) is 18.4 Å². The summed E-state index contributed by atoms with van der Waals surface area (Å²) in [6.45, 7) is 3.91. The Bertz CT molecular complexity index is 1880. The molecule has 1 saturated carbocycles. The van der Waals surface area contributed by atoms with E-state index in [1.54, 1.807) is 30.3 Å². The van der Waals surface area contributed by atoms with E-state index < -0.39 is 23.2 Å². The van der Waals surface area contributed by atoms with Crippen LogP contribution in [0.25, 0.3) is 22.5 Å². The molecular formula is C33H34F3N9O2. The lowest BCUT2D eigenvalue weighted by Gasteiger charge is -2.21. The van der Waals surface area contributed by atoms with E-state index in [9.17, 15) is 23.2 Å². The molecule has 0 radical (unpaired) electrons. The second-order valence-corrected chi connectivity index (χ2v) is 12.3. The molecule has 4 aromatic rings. The third-order valence-corrected chi connectivity index (χ3v) is 8.53. The lowest BCUT2D eigenvalue weighted by Crippen LogP contribution is -2.29. The van der Waals surface area contributed by atoms with Gasteiger partial charge in [-0.1, -0.05) is 0 Å². The highest BCUT2D eigenvalue weighted by atomic mass is 19.4. The van der Waals surface area contributed by atoms with Gasteiger partial charge in [0.15, 0.2) is 5.82 Å². The van der Waals surface area contributed by atoms with E-state index in [0.29, 0.717) is 34.9 Å². The molecule has 1 fully saturated rings. The number of alkyl halides is 3. The summed E-state index contributed by atoms with van der Waals surface area (Å²) in [6.07, 6.45) is 0.381. The van der Waals surface area contributed by atoms with E-state index in [4.69, 9.17) is 9.72 Å². The van der Waals surface area contributed by atoms with Crippen LogP contribution < -0.4 is 15.5 Å². The van der Waals surface area contributed by atoms with Crippen LogP contribution in [0, 0.1) is 18.3 Å². The Morgan fingerprint density at radius 2 is 1.94 bits per heavy atom. The number of amides is 1. The first-order chi connectivity index (χ1) is 22.4. The summed E-state index contributed by atoms with van der Waals surface area (Å²) < 4.78 is 50.1. The highest BCUT2D eigenvalue weighted by Gasteiger charge is 2.44. The average molecular weight is 646 g/mol. The fraction of sp³-hybridized carbons (Fsp3) is 0.394. The van der Waals surface area contributed by atoms with E-state index in [-0.39, 0.29) is 42.5 Å². The van der Waals surface area contributed by atoms with Gasteiger partial charge < -0.3 is 19.9 Å². The summed E-state index contributed by atoms with van der Waals surface area (Å²) in [4.78, 5) is 24.4. The second kappa shape index (κ2) is 12.4. The number of aromatic nitrogens is 5. The van der Waals surface area contributed by atoms with Crippen LogP contribution in [0.1, 0.15) is 58.9 Å². The quantitative estimate of drug-likeness (QED) is 0.220. The maximum Gasteiger partial charge on any atom is 0.416 e. The molecule has 11 nitrogen and oxygen atoms in total. The molecule has 0 unspecified atom stereocenters. The molecule has 4 heterocycles. The van der Waals surface area contributed by atoms with Gasteiger partial charge in [0.2, 0.25) is 0 Å². The number of anilines is 2. The average Bonchev–Trinajstić information content (AvgIpc) is 3.50. The minimum Gasteiger partial charge on any atom is -0.383 e. The summed E-state index contributed by atoms with van der Waals surface area (Å²) in [5.74, 6) is 0.564. The molecule has 1 amide bonds. The molecule has 6 rings (SSSR count). The summed E-state index contributed by atoms with van der Waals surface area (Å²) in [5.41, 5.74) is 1.69. The zero-order valence-electron chi connectivity index (χ0n) is 26.4. The van der Waals surface area contributed by atoms with Gasteiger partial charge in [-0.15, -0.1) is 10.2 Å². The number of nitrogens with one attached hydrogen (secondary N) is 2. The Balaban J connectivity index is 1.45. The van der Waals surface area contributed by atoms with Crippen molar-refractivity contribution in [2.45, 2.75) is 64.0 Å². The minimum atomic E-state index is -4.67. The van der Waals surface area contributed by atoms with Crippen molar-refractivity contribution in [2.75, 3.05) is 23.9 Å². The fourth-order valence-electron chi connectivity index (χ4n) is 5.91. The van der Waals surface area contributed by atoms with Crippen molar-refractivity contribution in [1.82, 2.24) is 30.0 Å². The van der Waals surface area contributed by atoms with Gasteiger partial charge in [0.1, 0.15) is 18.0 Å². The lowest BCUT2D eigenvalue weighted by molar-refractivity contribution is -0.138. The maximum absolute atomic E-state index is 14.4. The predicted molar refractivity (Wildman–Crippen MR) is 168 cm³/mol. The molecule has 2 N–H and O–H groups in total. The van der Waals surface area contributed by atoms with Crippen molar-refractivity contribution in [3.05, 3.63) is 70.8 Å². The Morgan fingerprint density at radius 3 is 2.60 bits per heavy atom. The molecule has 1 aliphatic carbocycles. The number of nitrogens with zero attached hydrogens (tertiary/aromatic N) is 7. The number of pyridine rings is 2. The van der Waals surface area contributed by atoms with E-state index in [1.165, 1.54) is 11.0 Å². The number of fused-ring (bicyclic) bond motifs is 1. The van der Waals surface area contributed by atoms with Gasteiger partial charge in [0, 0.05) is 49.8 Å². The number of nitriles is 1. The zero-order valence-corrected chi connectivity index (χ0v) is 26.4. The van der Waals surface area contributed by atoms with Crippen molar-refractivity contribution >= 4 is 17.5 Å². The van der Waals surface area contributed by atoms with Gasteiger partial charge in [-0.05, 0) is 79.3 Å². The molecule has 1 atom stereocenters. The van der Waals surface area contributed by atoms with Crippen molar-refractivity contribution in [3.8, 4) is 28.6 Å². The summed E-state index contributed by atoms with van der Waals surface area (Å²) in [7, 11) is 3.36. The van der Waals surface area contributed by atoms with E-state index >= 15 is 0 Å². The molecule has 244 valence electrons. The van der Waals surface area contributed by atoms with Gasteiger partial charge in [0.05, 0.1) is 36.7 Å². The van der Waals surface area contributed by atoms with Crippen LogP contribution in [0.4, 0.5) is 24.8 Å². The third kappa shape index (κ3) is 6.54. The lowest BCUT2D eigenvalue weighted by atomic mass is 9.98. The van der Waals surface area contributed by atoms with E-state index in [2.05, 4.69) is 31.9 Å². The van der Waals surface area contributed by atoms with Crippen LogP contribution >= 0.6 is 0 Å². The Kier molecular flexibility index (Phi) is 8.46. The SMILES string of the molecule is COC[C@H](C)NCc1cc2c(c(C(F)(F)F)c1)CN(c1cc(-c3cc(C)ncc3-c3nncn3C)cc(NC3(CC#N)CC3)n1)C2=O. The zero-order chi connectivity index (χ0) is 33.5. The second-order valence-electron chi connectivity index (χ2n) is 12.3. The number of benzene rings is 1. The number of carbonyl (C=O) groups is 1. The standard InChI is InChI=1S/C33H34F3N9O2/c1-19-9-23(25(15-39-19)30-43-40-18-44(30)3)22-12-28(42-32(5-6-32)7-8-37)41-29(13-22)45-16-26-24(31(45)46)10-21(11-27(26)33(34,35)36)14-38-20(2)17-47-4/h9-13,15,18,20,38H,5-7,14,16-17H2,1-4H3,(H,41,42)/t20-/m0/s1. The molecule has 2 aliphatic rings. The maximum atomic E-state index is 14.4. The van der Waals surface area contributed by atoms with Crippen molar-refractivity contribution in [2.24, 2.45) is 7.05 Å². The molecule has 0 spiro atoms. The minimum absolute atomic E-state index is 0.0135. The summed E-state index contributed by atoms with van der Waals surface area (Å²) in [6, 6.07) is 10.1. The topological polar surface area (TPSA) is 134 Å². The normalized spacial score (nSPS) is 15.8. The number of methoxy groups -OCH3 is 1. The molecule has 1 aromatic carbocycles. The smallest absolute Gasteiger partial charge is 0.383 e. The highest BCUT2D eigenvalue weighted by Crippen LogP contribution is 2.44. The first kappa shape index (κ1) is 32.1. The molecule has 14 heteroatoms. The van der Waals surface area contributed by atoms with Crippen molar-refractivity contribution in [1.29, 1.82) is 5.26 Å². The number of hydrogen-bond acceptors (Lipinski definition) is 9.